The zero-order chi connectivity index (χ0) is 16.6. The Morgan fingerprint density at radius 2 is 1.96 bits per heavy atom. The van der Waals surface area contributed by atoms with Crippen molar-refractivity contribution in [2.75, 3.05) is 0 Å². The van der Waals surface area contributed by atoms with E-state index < -0.39 is 5.63 Å². The molecule has 0 radical (unpaired) electrons. The summed E-state index contributed by atoms with van der Waals surface area (Å²) in [6.45, 7) is 2.14. The summed E-state index contributed by atoms with van der Waals surface area (Å²) in [6, 6.07) is 5.35. The molecule has 2 unspecified atom stereocenters. The number of fused-ring (bicyclic) bond motifs is 1. The molecule has 4 nitrogen and oxygen atoms in total. The Hall–Kier alpha value is -1.14. The zero-order valence-corrected chi connectivity index (χ0v) is 15.9. The van der Waals surface area contributed by atoms with Gasteiger partial charge >= 0.3 is 5.63 Å². The number of carbonyl (C=O) groups is 1. The number of hydrogen-bond acceptors (Lipinski definition) is 3. The van der Waals surface area contributed by atoms with Crippen molar-refractivity contribution in [3.05, 3.63) is 43.1 Å². The summed E-state index contributed by atoms with van der Waals surface area (Å²) in [5.41, 5.74) is -0.109. The predicted molar refractivity (Wildman–Crippen MR) is 96.8 cm³/mol. The van der Waals surface area contributed by atoms with Crippen LogP contribution in [0.25, 0.3) is 11.0 Å². The first kappa shape index (κ1) is 16.7. The molecule has 1 aromatic carbocycles. The van der Waals surface area contributed by atoms with Crippen molar-refractivity contribution in [3.8, 4) is 0 Å². The van der Waals surface area contributed by atoms with Crippen LogP contribution >= 0.6 is 31.9 Å². The minimum absolute atomic E-state index is 0.0558. The van der Waals surface area contributed by atoms with E-state index in [0.29, 0.717) is 21.4 Å². The van der Waals surface area contributed by atoms with Gasteiger partial charge in [-0.25, -0.2) is 4.79 Å². The van der Waals surface area contributed by atoms with Crippen LogP contribution in [0, 0.1) is 5.92 Å². The van der Waals surface area contributed by atoms with E-state index in [2.05, 4.69) is 44.1 Å². The zero-order valence-electron chi connectivity index (χ0n) is 12.7. The fraction of sp³-hybridized carbons (Fsp3) is 0.412. The minimum atomic E-state index is -0.610. The van der Waals surface area contributed by atoms with E-state index >= 15 is 0 Å². The molecule has 1 aromatic heterocycles. The molecule has 3 rings (SSSR count). The van der Waals surface area contributed by atoms with E-state index in [1.165, 1.54) is 6.42 Å². The molecule has 1 aliphatic rings. The van der Waals surface area contributed by atoms with Crippen molar-refractivity contribution in [2.45, 2.75) is 38.6 Å². The third kappa shape index (κ3) is 3.53. The van der Waals surface area contributed by atoms with Gasteiger partial charge in [-0.05, 0) is 52.9 Å². The van der Waals surface area contributed by atoms with Crippen LogP contribution in [0.4, 0.5) is 0 Å². The highest BCUT2D eigenvalue weighted by Gasteiger charge is 2.25. The Labute approximate surface area is 150 Å². The molecule has 0 saturated heterocycles. The number of benzene rings is 1. The lowest BCUT2D eigenvalue weighted by Gasteiger charge is -2.29. The largest absolute Gasteiger partial charge is 0.421 e. The van der Waals surface area contributed by atoms with Crippen LogP contribution < -0.4 is 10.9 Å². The Morgan fingerprint density at radius 1 is 1.22 bits per heavy atom. The first-order valence-electron chi connectivity index (χ1n) is 7.69. The molecule has 0 spiro atoms. The maximum atomic E-state index is 12.5. The van der Waals surface area contributed by atoms with Crippen molar-refractivity contribution in [1.29, 1.82) is 0 Å². The molecule has 122 valence electrons. The molecule has 1 amide bonds. The smallest absolute Gasteiger partial charge is 0.349 e. The van der Waals surface area contributed by atoms with E-state index in [-0.39, 0.29) is 17.5 Å². The molecular formula is C17H17Br2NO3. The lowest BCUT2D eigenvalue weighted by Crippen LogP contribution is -2.42. The summed E-state index contributed by atoms with van der Waals surface area (Å²) in [5, 5.41) is 3.70. The van der Waals surface area contributed by atoms with Crippen LogP contribution in [0.2, 0.25) is 0 Å². The van der Waals surface area contributed by atoms with E-state index in [4.69, 9.17) is 4.42 Å². The van der Waals surface area contributed by atoms with Gasteiger partial charge in [0.15, 0.2) is 5.58 Å². The van der Waals surface area contributed by atoms with Crippen LogP contribution in [0.15, 0.2) is 36.4 Å². The molecule has 23 heavy (non-hydrogen) atoms. The van der Waals surface area contributed by atoms with E-state index in [1.54, 1.807) is 12.1 Å². The maximum Gasteiger partial charge on any atom is 0.349 e. The highest BCUT2D eigenvalue weighted by atomic mass is 79.9. The third-order valence-electron chi connectivity index (χ3n) is 4.42. The van der Waals surface area contributed by atoms with Gasteiger partial charge in [-0.1, -0.05) is 35.7 Å². The number of halogens is 2. The summed E-state index contributed by atoms with van der Waals surface area (Å²) in [4.78, 5) is 24.7. The topological polar surface area (TPSA) is 59.3 Å². The highest BCUT2D eigenvalue weighted by molar-refractivity contribution is 9.11. The minimum Gasteiger partial charge on any atom is -0.421 e. The molecule has 6 heteroatoms. The first-order valence-corrected chi connectivity index (χ1v) is 9.28. The van der Waals surface area contributed by atoms with Crippen LogP contribution in [0.3, 0.4) is 0 Å². The van der Waals surface area contributed by atoms with Crippen molar-refractivity contribution < 1.29 is 9.21 Å². The van der Waals surface area contributed by atoms with Gasteiger partial charge in [0.1, 0.15) is 5.56 Å². The Morgan fingerprint density at radius 3 is 2.70 bits per heavy atom. The van der Waals surface area contributed by atoms with Gasteiger partial charge in [0, 0.05) is 15.9 Å². The molecule has 1 heterocycles. The molecule has 1 saturated carbocycles. The third-order valence-corrected chi connectivity index (χ3v) is 5.47. The fourth-order valence-corrected chi connectivity index (χ4v) is 4.43. The molecule has 0 aliphatic heterocycles. The van der Waals surface area contributed by atoms with E-state index in [1.807, 2.05) is 6.07 Å². The second-order valence-corrected chi connectivity index (χ2v) is 7.87. The normalized spacial score (nSPS) is 21.3. The van der Waals surface area contributed by atoms with Gasteiger partial charge in [0.05, 0.1) is 4.47 Å². The lowest BCUT2D eigenvalue weighted by atomic mass is 9.86. The highest BCUT2D eigenvalue weighted by Crippen LogP contribution is 2.28. The van der Waals surface area contributed by atoms with Gasteiger partial charge in [0.25, 0.3) is 5.91 Å². The summed E-state index contributed by atoms with van der Waals surface area (Å²) in [6.07, 6.45) is 4.38. The van der Waals surface area contributed by atoms with Gasteiger partial charge in [0.2, 0.25) is 0 Å². The van der Waals surface area contributed by atoms with Gasteiger partial charge in [-0.3, -0.25) is 4.79 Å². The molecule has 1 aliphatic carbocycles. The standard InChI is InChI=1S/C17H17Br2NO3/c1-9-4-2-3-5-14(9)20-16(21)12-7-10-6-11(18)8-13(19)15(10)23-17(12)22/h6-9,14H,2-5H2,1H3,(H,20,21). The predicted octanol–water partition coefficient (Wildman–Crippen LogP) is 4.63. The maximum absolute atomic E-state index is 12.5. The quantitative estimate of drug-likeness (QED) is 0.690. The second kappa shape index (κ2) is 6.77. The van der Waals surface area contributed by atoms with Crippen LogP contribution in [-0.2, 0) is 0 Å². The van der Waals surface area contributed by atoms with Crippen molar-refractivity contribution in [3.63, 3.8) is 0 Å². The summed E-state index contributed by atoms with van der Waals surface area (Å²) >= 11 is 6.77. The van der Waals surface area contributed by atoms with Gasteiger partial charge < -0.3 is 9.73 Å². The number of nitrogens with one attached hydrogen (secondary N) is 1. The van der Waals surface area contributed by atoms with E-state index in [9.17, 15) is 9.59 Å². The molecular weight excluding hydrogens is 426 g/mol. The molecule has 1 N–H and O–H groups in total. The van der Waals surface area contributed by atoms with Gasteiger partial charge in [-0.2, -0.15) is 0 Å². The summed E-state index contributed by atoms with van der Waals surface area (Å²) < 4.78 is 6.85. The fourth-order valence-electron chi connectivity index (χ4n) is 3.09. The second-order valence-electron chi connectivity index (χ2n) is 6.10. The molecule has 1 fully saturated rings. The Balaban J connectivity index is 1.94. The van der Waals surface area contributed by atoms with Crippen molar-refractivity contribution >= 4 is 48.7 Å². The number of hydrogen-bond donors (Lipinski definition) is 1. The Bertz CT molecular complexity index is 815. The molecule has 0 bridgehead atoms. The van der Waals surface area contributed by atoms with Crippen molar-refractivity contribution in [2.24, 2.45) is 5.92 Å². The average molecular weight is 443 g/mol. The SMILES string of the molecule is CC1CCCCC1NC(=O)c1cc2cc(Br)cc(Br)c2oc1=O. The summed E-state index contributed by atoms with van der Waals surface area (Å²) in [5.74, 6) is 0.0824. The monoisotopic (exact) mass is 441 g/mol. The van der Waals surface area contributed by atoms with Crippen LogP contribution in [0.1, 0.15) is 43.0 Å². The molecule has 2 atom stereocenters. The van der Waals surface area contributed by atoms with Crippen LogP contribution in [-0.4, -0.2) is 11.9 Å². The molecule has 2 aromatic rings. The summed E-state index contributed by atoms with van der Waals surface area (Å²) in [7, 11) is 0. The van der Waals surface area contributed by atoms with Gasteiger partial charge in [-0.15, -0.1) is 0 Å². The number of carbonyl (C=O) groups excluding carboxylic acids is 1. The number of amides is 1. The lowest BCUT2D eigenvalue weighted by molar-refractivity contribution is 0.0906. The average Bonchev–Trinajstić information content (AvgIpc) is 2.49. The Kier molecular flexibility index (Phi) is 4.92. The van der Waals surface area contributed by atoms with Crippen LogP contribution in [0.5, 0.6) is 0 Å². The van der Waals surface area contributed by atoms with Crippen molar-refractivity contribution in [1.82, 2.24) is 5.32 Å². The first-order chi connectivity index (χ1) is 11.0. The van der Waals surface area contributed by atoms with E-state index in [0.717, 1.165) is 23.7 Å². The number of rotatable bonds is 2.